The van der Waals surface area contributed by atoms with Gasteiger partial charge in [0.1, 0.15) is 0 Å². The minimum absolute atomic E-state index is 0. The Bertz CT molecular complexity index is 45.5. The van der Waals surface area contributed by atoms with Gasteiger partial charge in [0.2, 0.25) is 0 Å². The van der Waals surface area contributed by atoms with Crippen molar-refractivity contribution in [3.05, 3.63) is 12.2 Å². The van der Waals surface area contributed by atoms with E-state index in [2.05, 4.69) is 0 Å². The van der Waals surface area contributed by atoms with Gasteiger partial charge in [-0.1, -0.05) is 12.2 Å². The first-order valence-corrected chi connectivity index (χ1v) is 1.73. The maximum Gasteiger partial charge on any atom is 0.0814 e. The Morgan fingerprint density at radius 1 is 1.17 bits per heavy atom. The molecule has 2 heteroatoms. The predicted molar refractivity (Wildman–Crippen MR) is 29.9 cm³/mol. The van der Waals surface area contributed by atoms with Crippen LogP contribution in [0.2, 0.25) is 0 Å². The van der Waals surface area contributed by atoms with Crippen LogP contribution in [0, 0.1) is 0 Å². The minimum Gasteiger partial charge on any atom is -0.373 e. The van der Waals surface area contributed by atoms with E-state index in [0.717, 1.165) is 13.2 Å². The van der Waals surface area contributed by atoms with Crippen LogP contribution in [-0.2, 0) is 4.74 Å². The average Bonchev–Trinajstić information content (AvgIpc) is 1.76. The largest absolute Gasteiger partial charge is 0.373 e. The highest BCUT2D eigenvalue weighted by molar-refractivity contribution is 5.75. The van der Waals surface area contributed by atoms with Gasteiger partial charge < -0.3 is 4.74 Å². The van der Waals surface area contributed by atoms with E-state index in [-0.39, 0.29) is 8.41 Å². The van der Waals surface area contributed by atoms with Crippen molar-refractivity contribution in [3.63, 3.8) is 0 Å². The molecule has 0 fully saturated rings. The third kappa shape index (κ3) is 1.27. The molecule has 1 aliphatic rings. The minimum atomic E-state index is 0. The molecule has 0 radical (unpaired) electrons. The van der Waals surface area contributed by atoms with Crippen LogP contribution >= 0.6 is 0 Å². The summed E-state index contributed by atoms with van der Waals surface area (Å²) in [5.74, 6) is 0. The summed E-state index contributed by atoms with van der Waals surface area (Å²) >= 11 is 0. The maximum atomic E-state index is 4.83. The fourth-order valence-electron chi connectivity index (χ4n) is 0.340. The van der Waals surface area contributed by atoms with Crippen LogP contribution in [0.25, 0.3) is 0 Å². The van der Waals surface area contributed by atoms with Gasteiger partial charge in [0.05, 0.1) is 21.6 Å². The molecule has 0 spiro atoms. The first kappa shape index (κ1) is 5.76. The molecule has 0 saturated carbocycles. The van der Waals surface area contributed by atoms with Crippen molar-refractivity contribution in [1.82, 2.24) is 0 Å². The molecular formula is C4H9BO. The van der Waals surface area contributed by atoms with E-state index in [1.807, 2.05) is 12.2 Å². The average molecular weight is 83.9 g/mol. The molecule has 1 aliphatic heterocycles. The molecule has 0 saturated heterocycles. The number of ether oxygens (including phenoxy) is 1. The van der Waals surface area contributed by atoms with Gasteiger partial charge in [0.25, 0.3) is 0 Å². The highest BCUT2D eigenvalue weighted by atomic mass is 16.5. The fourth-order valence-corrected chi connectivity index (χ4v) is 0.340. The van der Waals surface area contributed by atoms with Gasteiger partial charge in [-0.3, -0.25) is 0 Å². The van der Waals surface area contributed by atoms with E-state index in [1.165, 1.54) is 0 Å². The summed E-state index contributed by atoms with van der Waals surface area (Å²) in [4.78, 5) is 0. The van der Waals surface area contributed by atoms with Crippen molar-refractivity contribution < 1.29 is 4.74 Å². The quantitative estimate of drug-likeness (QED) is 0.281. The SMILES string of the molecule is B.C1=CCOC1. The molecule has 0 aromatic rings. The third-order valence-electron chi connectivity index (χ3n) is 0.595. The highest BCUT2D eigenvalue weighted by Gasteiger charge is 1.83. The summed E-state index contributed by atoms with van der Waals surface area (Å²) in [5, 5.41) is 0. The molecule has 0 aliphatic carbocycles. The van der Waals surface area contributed by atoms with Gasteiger partial charge in [-0.2, -0.15) is 0 Å². The van der Waals surface area contributed by atoms with Gasteiger partial charge >= 0.3 is 0 Å². The number of hydrogen-bond acceptors (Lipinski definition) is 1. The molecule has 1 heterocycles. The lowest BCUT2D eigenvalue weighted by atomic mass is 10.6. The molecule has 6 heavy (non-hydrogen) atoms. The van der Waals surface area contributed by atoms with Crippen LogP contribution in [-0.4, -0.2) is 21.6 Å². The Balaban J connectivity index is 0.000000250. The summed E-state index contributed by atoms with van der Waals surface area (Å²) < 4.78 is 4.83. The van der Waals surface area contributed by atoms with Gasteiger partial charge in [0, 0.05) is 0 Å². The molecule has 0 aromatic carbocycles. The summed E-state index contributed by atoms with van der Waals surface area (Å²) in [6.45, 7) is 1.64. The van der Waals surface area contributed by atoms with Gasteiger partial charge in [-0.15, -0.1) is 0 Å². The Hall–Kier alpha value is -0.235. The van der Waals surface area contributed by atoms with Crippen molar-refractivity contribution in [2.45, 2.75) is 0 Å². The maximum absolute atomic E-state index is 4.83. The molecule has 1 nitrogen and oxygen atoms in total. The highest BCUT2D eigenvalue weighted by Crippen LogP contribution is 1.85. The van der Waals surface area contributed by atoms with Crippen molar-refractivity contribution >= 4 is 8.41 Å². The van der Waals surface area contributed by atoms with Crippen molar-refractivity contribution in [1.29, 1.82) is 0 Å². The van der Waals surface area contributed by atoms with E-state index < -0.39 is 0 Å². The summed E-state index contributed by atoms with van der Waals surface area (Å²) in [7, 11) is 0. The smallest absolute Gasteiger partial charge is 0.0814 e. The molecule has 0 bridgehead atoms. The lowest BCUT2D eigenvalue weighted by Crippen LogP contribution is -1.76. The lowest BCUT2D eigenvalue weighted by Gasteiger charge is -1.77. The molecule has 0 unspecified atom stereocenters. The number of rotatable bonds is 0. The fraction of sp³-hybridized carbons (Fsp3) is 0.500. The standard InChI is InChI=1S/C4H6O.BH3/c1-2-4-5-3-1;/h1-2H,3-4H2;1H3. The summed E-state index contributed by atoms with van der Waals surface area (Å²) in [6.07, 6.45) is 4.03. The van der Waals surface area contributed by atoms with Crippen molar-refractivity contribution in [2.24, 2.45) is 0 Å². The number of hydrogen-bond donors (Lipinski definition) is 0. The second-order valence-corrected chi connectivity index (χ2v) is 1.01. The molecule has 0 aromatic heterocycles. The van der Waals surface area contributed by atoms with E-state index in [9.17, 15) is 0 Å². The summed E-state index contributed by atoms with van der Waals surface area (Å²) in [5.41, 5.74) is 0. The zero-order chi connectivity index (χ0) is 3.54. The van der Waals surface area contributed by atoms with Crippen LogP contribution in [0.1, 0.15) is 0 Å². The normalized spacial score (nSPS) is 17.3. The van der Waals surface area contributed by atoms with E-state index >= 15 is 0 Å². The van der Waals surface area contributed by atoms with E-state index in [1.54, 1.807) is 0 Å². The Morgan fingerprint density at radius 2 is 1.67 bits per heavy atom. The molecular weight excluding hydrogens is 74.9 g/mol. The first-order chi connectivity index (χ1) is 2.50. The lowest BCUT2D eigenvalue weighted by molar-refractivity contribution is 0.213. The Kier molecular flexibility index (Phi) is 2.86. The molecule has 0 atom stereocenters. The predicted octanol–water partition coefficient (Wildman–Crippen LogP) is -0.611. The molecule has 1 rings (SSSR count). The van der Waals surface area contributed by atoms with E-state index in [0.29, 0.717) is 0 Å². The second kappa shape index (κ2) is 2.97. The van der Waals surface area contributed by atoms with Crippen molar-refractivity contribution in [3.8, 4) is 0 Å². The molecule has 0 amide bonds. The zero-order valence-electron chi connectivity index (χ0n) is 2.98. The zero-order valence-corrected chi connectivity index (χ0v) is 2.98. The van der Waals surface area contributed by atoms with Crippen LogP contribution in [0.15, 0.2) is 12.2 Å². The van der Waals surface area contributed by atoms with Gasteiger partial charge in [-0.25, -0.2) is 0 Å². The van der Waals surface area contributed by atoms with Crippen LogP contribution in [0.3, 0.4) is 0 Å². The van der Waals surface area contributed by atoms with E-state index in [4.69, 9.17) is 4.74 Å². The van der Waals surface area contributed by atoms with Crippen LogP contribution < -0.4 is 0 Å². The topological polar surface area (TPSA) is 9.23 Å². The molecule has 34 valence electrons. The monoisotopic (exact) mass is 84.1 g/mol. The van der Waals surface area contributed by atoms with Crippen LogP contribution in [0.5, 0.6) is 0 Å². The van der Waals surface area contributed by atoms with Crippen molar-refractivity contribution in [2.75, 3.05) is 13.2 Å². The Morgan fingerprint density at radius 3 is 1.83 bits per heavy atom. The third-order valence-corrected chi connectivity index (χ3v) is 0.595. The molecule has 0 N–H and O–H groups in total. The summed E-state index contributed by atoms with van der Waals surface area (Å²) in [6, 6.07) is 0. The second-order valence-electron chi connectivity index (χ2n) is 1.01. The van der Waals surface area contributed by atoms with Gasteiger partial charge in [-0.05, 0) is 0 Å². The van der Waals surface area contributed by atoms with Crippen LogP contribution in [0.4, 0.5) is 0 Å². The first-order valence-electron chi connectivity index (χ1n) is 1.73. The van der Waals surface area contributed by atoms with Gasteiger partial charge in [0.15, 0.2) is 0 Å². The Labute approximate surface area is 39.6 Å².